The van der Waals surface area contributed by atoms with E-state index in [-0.39, 0.29) is 166 Å². The van der Waals surface area contributed by atoms with Crippen molar-refractivity contribution in [2.75, 3.05) is 49.8 Å². The van der Waals surface area contributed by atoms with Crippen molar-refractivity contribution >= 4 is 37.1 Å². The van der Waals surface area contributed by atoms with Crippen molar-refractivity contribution < 1.29 is 108 Å². The van der Waals surface area contributed by atoms with Gasteiger partial charge < -0.3 is 98.6 Å². The van der Waals surface area contributed by atoms with Gasteiger partial charge in [-0.05, 0) is 177 Å². The fourth-order valence-corrected chi connectivity index (χ4v) is 30.4. The quantitative estimate of drug-likeness (QED) is 0.0213. The molecule has 26 heteroatoms. The van der Waals surface area contributed by atoms with Crippen molar-refractivity contribution in [1.82, 2.24) is 0 Å². The van der Waals surface area contributed by atoms with Crippen molar-refractivity contribution in [3.05, 3.63) is 132 Å². The van der Waals surface area contributed by atoms with Crippen molar-refractivity contribution in [3.8, 4) is 11.5 Å². The standard InChI is InChI=1S/C115H192O23Si3/c1-72(44-60-104(116)125-31)42-52-94(135-139(32,33)112(13,14)15)64-88-38-36-40-90(128-88)68-98(123-29)78(7)100-70-102(132-110(130-100)84-48-56-86(119-25)57-49-84)80(9)108(82(11)106(118)74(3)46-54-92-66-96(121-27)62-76(5)126-92)134-105(117)61-45-73(2)43-53-95(136-140(34,35)113(16,17)18)65-89-39-37-41-91(129-89)69-99(124-30)79(8)101-71-103(133-111(131-101)85-50-58-87(120-26)59-51-85)81(10)109-83(12)107(137-141(138-109,114(19,20)21)115(22,23)24)75(4)47-55-93-67-97(122-28)63-77(6)127-93/h36-39,42-45,48-51,56-61,74-83,88-103,106-111,118H,40-41,46-47,52-55,62-71H2,1-35H3/b60-44+,61-45+,72-42+,73-43+/t74-,75-,76-,77-,78+,79+,80-,81-,82-,83-,88-,89-,90-,91-,92-,93-,94-,95-,96+,97+,98-,99-,100-,101-,102+,103+,106-,107-,108-,109-,110+,111+/m0/s1. The molecule has 5 saturated heterocycles. The van der Waals surface area contributed by atoms with E-state index in [1.54, 1.807) is 34.5 Å². The van der Waals surface area contributed by atoms with Crippen molar-refractivity contribution in [1.29, 1.82) is 0 Å². The van der Waals surface area contributed by atoms with Crippen molar-refractivity contribution in [2.45, 2.75) is 475 Å². The van der Waals surface area contributed by atoms with Gasteiger partial charge in [-0.3, -0.25) is 0 Å². The molecule has 0 radical (unpaired) electrons. The molecule has 5 fully saturated rings. The second kappa shape index (κ2) is 53.7. The predicted octanol–water partition coefficient (Wildman–Crippen LogP) is 25.4. The number of allylic oxidation sites excluding steroid dienone is 4. The van der Waals surface area contributed by atoms with Gasteiger partial charge in [-0.15, -0.1) is 0 Å². The van der Waals surface area contributed by atoms with E-state index in [4.69, 9.17) is 93.5 Å². The molecule has 2 aromatic rings. The number of rotatable bonds is 47. The lowest BCUT2D eigenvalue weighted by atomic mass is 9.78. The molecule has 0 aliphatic carbocycles. The van der Waals surface area contributed by atoms with Crippen molar-refractivity contribution in [3.63, 3.8) is 0 Å². The van der Waals surface area contributed by atoms with Crippen LogP contribution in [0.1, 0.15) is 305 Å². The first-order valence-electron chi connectivity index (χ1n) is 53.5. The van der Waals surface area contributed by atoms with Crippen LogP contribution in [-0.4, -0.2) is 226 Å². The average Bonchev–Trinajstić information content (AvgIpc) is 0.721. The Balaban J connectivity index is 0.931. The molecular formula is C115H192O23Si3. The zero-order chi connectivity index (χ0) is 104. The lowest BCUT2D eigenvalue weighted by molar-refractivity contribution is -0.280. The van der Waals surface area contributed by atoms with E-state index in [1.807, 2.05) is 77.5 Å². The van der Waals surface area contributed by atoms with Gasteiger partial charge in [-0.2, -0.15) is 0 Å². The lowest BCUT2D eigenvalue weighted by Gasteiger charge is -2.59. The first kappa shape index (κ1) is 120. The normalized spacial score (nSPS) is 30.6. The summed E-state index contributed by atoms with van der Waals surface area (Å²) >= 11 is 0. The van der Waals surface area contributed by atoms with E-state index in [0.717, 1.165) is 79.4 Å². The van der Waals surface area contributed by atoms with Crippen LogP contribution in [0, 0.1) is 47.3 Å². The molecule has 7 aliphatic rings. The third-order valence-corrected chi connectivity index (χ3v) is 47.3. The number of aliphatic hydroxyl groups excluding tert-OH is 1. The molecule has 0 amide bonds. The maximum Gasteiger partial charge on any atom is 0.349 e. The maximum atomic E-state index is 15.1. The Hall–Kier alpha value is -4.61. The Kier molecular flexibility index (Phi) is 45.7. The van der Waals surface area contributed by atoms with Gasteiger partial charge in [0.25, 0.3) is 0 Å². The lowest BCUT2D eigenvalue weighted by Crippen LogP contribution is -2.68. The summed E-state index contributed by atoms with van der Waals surface area (Å²) in [5.41, 5.74) is 3.53. The third kappa shape index (κ3) is 33.7. The summed E-state index contributed by atoms with van der Waals surface area (Å²) in [5, 5.41) is 12.2. The predicted molar refractivity (Wildman–Crippen MR) is 568 cm³/mol. The SMILES string of the molecule is COC(=O)/C=C/C(C)=C/C[C@@H](C[C@@H]1C=CC[C@@H](C[C@H](OC)[C@@H](C)[C@@H]2C[C@H]([C@H](C)[C@H](OC(=O)/C=C/C(C)=C/C[C@@H](C[C@@H]3C=CC[C@@H](C[C@H](OC)[C@@H](C)[C@@H]4C[C@H]([C@H](C)[C@@H]5O[Si](C(C)(C)C)(C(C)(C)C)O[C@@H]([C@@H](C)CC[C@H]6C[C@H](OC)C[C@H](C)O6)[C@@H]5C)O[C@H](c5ccc(OC)cc5)O4)O3)O[Si](C)(C)C(C)(C)C)[C@@H](C)[C@@H](O)[C@@H](C)CC[C@H]3C[C@H](OC)C[C@H](C)O3)O[C@H](c3ccc(OC)cc3)O2)O1)O[Si](C)(C)C(C)(C)C. The molecule has 0 saturated carbocycles. The highest BCUT2D eigenvalue weighted by atomic mass is 28.4. The number of ether oxygens (including phenoxy) is 16. The van der Waals surface area contributed by atoms with Gasteiger partial charge in [0.15, 0.2) is 29.2 Å². The Morgan fingerprint density at radius 2 is 0.887 bits per heavy atom. The molecule has 141 heavy (non-hydrogen) atoms. The molecule has 0 bridgehead atoms. The van der Waals surface area contributed by atoms with Crippen LogP contribution in [0.5, 0.6) is 11.5 Å². The van der Waals surface area contributed by atoms with Gasteiger partial charge in [0.05, 0.1) is 150 Å². The third-order valence-electron chi connectivity index (χ3n) is 33.1. The highest BCUT2D eigenvalue weighted by Crippen LogP contribution is 2.59. The minimum atomic E-state index is -3.08. The highest BCUT2D eigenvalue weighted by molar-refractivity contribution is 6.75. The Labute approximate surface area is 855 Å². The summed E-state index contributed by atoms with van der Waals surface area (Å²) in [5.74, 6) is -0.705. The maximum absolute atomic E-state index is 15.1. The fourth-order valence-electron chi connectivity index (χ4n) is 22.2. The topological polar surface area (TPSA) is 239 Å². The first-order chi connectivity index (χ1) is 66.2. The Bertz CT molecular complexity index is 4260. The van der Waals surface area contributed by atoms with Crippen LogP contribution in [0.15, 0.2) is 120 Å². The summed E-state index contributed by atoms with van der Waals surface area (Å²) in [7, 11) is 4.20. The molecule has 23 nitrogen and oxygen atoms in total. The molecule has 2 aromatic carbocycles. The number of esters is 2. The van der Waals surface area contributed by atoms with Crippen LogP contribution < -0.4 is 9.47 Å². The number of methoxy groups -OCH3 is 7. The van der Waals surface area contributed by atoms with E-state index in [2.05, 4.69) is 220 Å². The zero-order valence-electron chi connectivity index (χ0n) is 93.5. The van der Waals surface area contributed by atoms with Crippen LogP contribution >= 0.6 is 0 Å². The highest BCUT2D eigenvalue weighted by Gasteiger charge is 2.65. The summed E-state index contributed by atoms with van der Waals surface area (Å²) in [4.78, 5) is 27.1. The molecule has 0 spiro atoms. The minimum Gasteiger partial charge on any atom is -0.497 e. The van der Waals surface area contributed by atoms with Crippen LogP contribution in [0.3, 0.4) is 0 Å². The number of aliphatic hydroxyl groups is 1. The number of hydrogen-bond donors (Lipinski definition) is 1. The number of carbonyl (C=O) groups excluding carboxylic acids is 2. The van der Waals surface area contributed by atoms with Crippen LogP contribution in [-0.2, 0) is 93.6 Å². The number of hydrogen-bond acceptors (Lipinski definition) is 23. The zero-order valence-corrected chi connectivity index (χ0v) is 96.5. The summed E-state index contributed by atoms with van der Waals surface area (Å²) < 4.78 is 134. The molecule has 1 N–H and O–H groups in total. The van der Waals surface area contributed by atoms with Crippen molar-refractivity contribution in [2.24, 2.45) is 47.3 Å². The summed E-state index contributed by atoms with van der Waals surface area (Å²) in [6.45, 7) is 62.7. The molecule has 9 rings (SSSR count). The van der Waals surface area contributed by atoms with Crippen LogP contribution in [0.25, 0.3) is 0 Å². The van der Waals surface area contributed by atoms with Gasteiger partial charge in [-0.25, -0.2) is 9.59 Å². The second-order valence-corrected chi connectivity index (χ2v) is 62.3. The fraction of sp³-hybridized carbons (Fsp3) is 0.774. The van der Waals surface area contributed by atoms with E-state index >= 15 is 4.79 Å². The van der Waals surface area contributed by atoms with E-state index in [0.29, 0.717) is 70.0 Å². The average molecular weight is 2030 g/mol. The molecule has 0 aromatic heterocycles. The molecule has 7 heterocycles. The van der Waals surface area contributed by atoms with Crippen LogP contribution in [0.4, 0.5) is 0 Å². The van der Waals surface area contributed by atoms with Gasteiger partial charge in [0, 0.05) is 136 Å². The Morgan fingerprint density at radius 3 is 1.29 bits per heavy atom. The molecule has 0 unspecified atom stereocenters. The monoisotopic (exact) mass is 2030 g/mol. The van der Waals surface area contributed by atoms with Crippen LogP contribution in [0.2, 0.25) is 46.3 Å². The number of carbonyl (C=O) groups is 2. The Morgan fingerprint density at radius 1 is 0.482 bits per heavy atom. The minimum absolute atomic E-state index is 0.0159. The molecule has 7 aliphatic heterocycles. The van der Waals surface area contributed by atoms with E-state index < -0.39 is 86.0 Å². The van der Waals surface area contributed by atoms with E-state index in [9.17, 15) is 9.90 Å². The smallest absolute Gasteiger partial charge is 0.349 e. The first-order valence-corrected chi connectivity index (χ1v) is 61.1. The van der Waals surface area contributed by atoms with E-state index in [1.165, 1.54) is 19.3 Å². The van der Waals surface area contributed by atoms with Gasteiger partial charge in [0.2, 0.25) is 0 Å². The summed E-state index contributed by atoms with van der Waals surface area (Å²) in [6.07, 6.45) is 26.8. The second-order valence-electron chi connectivity index (χ2n) is 48.1. The van der Waals surface area contributed by atoms with Gasteiger partial charge in [0.1, 0.15) is 17.6 Å². The summed E-state index contributed by atoms with van der Waals surface area (Å²) in [6, 6.07) is 15.8. The van der Waals surface area contributed by atoms with Gasteiger partial charge in [-0.1, -0.05) is 222 Å². The number of benzene rings is 2. The largest absolute Gasteiger partial charge is 0.497 e. The molecule has 32 atom stereocenters. The molecule has 802 valence electrons. The molecular weight excluding hydrogens is 1830 g/mol. The van der Waals surface area contributed by atoms with Gasteiger partial charge >= 0.3 is 20.5 Å².